The van der Waals surface area contributed by atoms with E-state index in [1.807, 2.05) is 24.3 Å². The first kappa shape index (κ1) is 15.5. The summed E-state index contributed by atoms with van der Waals surface area (Å²) >= 11 is 0. The van der Waals surface area contributed by atoms with Gasteiger partial charge in [0.05, 0.1) is 14.2 Å². The lowest BCUT2D eigenvalue weighted by atomic mass is 9.92. The molecule has 4 nitrogen and oxygen atoms in total. The van der Waals surface area contributed by atoms with E-state index in [4.69, 9.17) is 15.2 Å². The van der Waals surface area contributed by atoms with E-state index in [1.54, 1.807) is 14.2 Å². The minimum Gasteiger partial charge on any atom is -0.493 e. The lowest BCUT2D eigenvalue weighted by Gasteiger charge is -2.29. The van der Waals surface area contributed by atoms with Crippen LogP contribution in [0.5, 0.6) is 11.5 Å². The lowest BCUT2D eigenvalue weighted by Crippen LogP contribution is -2.50. The van der Waals surface area contributed by atoms with Crippen molar-refractivity contribution in [2.75, 3.05) is 27.3 Å². The molecular formula is C15H24N2O2. The highest BCUT2D eigenvalue weighted by Crippen LogP contribution is 2.28. The summed E-state index contributed by atoms with van der Waals surface area (Å²) in [6.45, 7) is 7.11. The van der Waals surface area contributed by atoms with Gasteiger partial charge >= 0.3 is 0 Å². The monoisotopic (exact) mass is 264 g/mol. The second-order valence-corrected chi connectivity index (χ2v) is 4.80. The van der Waals surface area contributed by atoms with Gasteiger partial charge in [-0.25, -0.2) is 0 Å². The van der Waals surface area contributed by atoms with Gasteiger partial charge in [-0.15, -0.1) is 6.58 Å². The SMILES string of the molecule is C=CCNC(C)(CN)Cc1ccc(OC)c(OC)c1. The number of nitrogens with two attached hydrogens (primary N) is 1. The summed E-state index contributed by atoms with van der Waals surface area (Å²) < 4.78 is 10.5. The van der Waals surface area contributed by atoms with Gasteiger partial charge in [-0.2, -0.15) is 0 Å². The summed E-state index contributed by atoms with van der Waals surface area (Å²) in [5, 5.41) is 3.39. The summed E-state index contributed by atoms with van der Waals surface area (Å²) in [6.07, 6.45) is 2.65. The quantitative estimate of drug-likeness (QED) is 0.702. The van der Waals surface area contributed by atoms with Gasteiger partial charge in [-0.3, -0.25) is 0 Å². The third-order valence-electron chi connectivity index (χ3n) is 3.17. The van der Waals surface area contributed by atoms with Gasteiger partial charge in [-0.1, -0.05) is 12.1 Å². The van der Waals surface area contributed by atoms with Gasteiger partial charge in [0.25, 0.3) is 0 Å². The molecule has 1 atom stereocenters. The van der Waals surface area contributed by atoms with Crippen LogP contribution in [0.1, 0.15) is 12.5 Å². The van der Waals surface area contributed by atoms with Gasteiger partial charge in [0.1, 0.15) is 0 Å². The minimum atomic E-state index is -0.159. The fourth-order valence-electron chi connectivity index (χ4n) is 1.97. The second-order valence-electron chi connectivity index (χ2n) is 4.80. The molecule has 0 aliphatic heterocycles. The largest absolute Gasteiger partial charge is 0.493 e. The maximum absolute atomic E-state index is 5.87. The maximum Gasteiger partial charge on any atom is 0.160 e. The molecule has 0 amide bonds. The Kier molecular flexibility index (Phi) is 5.86. The molecule has 0 radical (unpaired) electrons. The smallest absolute Gasteiger partial charge is 0.160 e. The van der Waals surface area contributed by atoms with Crippen LogP contribution in [-0.4, -0.2) is 32.8 Å². The van der Waals surface area contributed by atoms with Crippen LogP contribution in [0, 0.1) is 0 Å². The Morgan fingerprint density at radius 2 is 2.00 bits per heavy atom. The number of methoxy groups -OCH3 is 2. The van der Waals surface area contributed by atoms with E-state index in [-0.39, 0.29) is 5.54 Å². The standard InChI is InChI=1S/C15H24N2O2/c1-5-8-17-15(2,11-16)10-12-6-7-13(18-3)14(9-12)19-4/h5-7,9,17H,1,8,10-11,16H2,2-4H3. The highest BCUT2D eigenvalue weighted by molar-refractivity contribution is 5.43. The van der Waals surface area contributed by atoms with Crippen molar-refractivity contribution in [3.8, 4) is 11.5 Å². The third-order valence-corrected chi connectivity index (χ3v) is 3.17. The van der Waals surface area contributed by atoms with Gasteiger partial charge < -0.3 is 20.5 Å². The molecule has 0 aliphatic carbocycles. The third kappa shape index (κ3) is 4.26. The molecule has 1 unspecified atom stereocenters. The van der Waals surface area contributed by atoms with E-state index in [9.17, 15) is 0 Å². The van der Waals surface area contributed by atoms with Crippen molar-refractivity contribution < 1.29 is 9.47 Å². The highest BCUT2D eigenvalue weighted by atomic mass is 16.5. The first-order valence-electron chi connectivity index (χ1n) is 6.35. The van der Waals surface area contributed by atoms with E-state index in [0.717, 1.165) is 30.0 Å². The summed E-state index contributed by atoms with van der Waals surface area (Å²) in [5.74, 6) is 1.47. The molecule has 0 spiro atoms. The Morgan fingerprint density at radius 1 is 1.32 bits per heavy atom. The van der Waals surface area contributed by atoms with Crippen LogP contribution in [-0.2, 0) is 6.42 Å². The van der Waals surface area contributed by atoms with Crippen LogP contribution in [0.15, 0.2) is 30.9 Å². The molecule has 19 heavy (non-hydrogen) atoms. The van der Waals surface area contributed by atoms with Crippen molar-refractivity contribution in [3.05, 3.63) is 36.4 Å². The molecule has 0 aliphatic rings. The average Bonchev–Trinajstić information content (AvgIpc) is 2.45. The Hall–Kier alpha value is -1.52. The number of benzene rings is 1. The first-order chi connectivity index (χ1) is 9.08. The topological polar surface area (TPSA) is 56.5 Å². The number of rotatable bonds is 8. The van der Waals surface area contributed by atoms with Gasteiger partial charge in [-0.05, 0) is 31.0 Å². The molecule has 0 saturated carbocycles. The van der Waals surface area contributed by atoms with E-state index in [0.29, 0.717) is 6.54 Å². The highest BCUT2D eigenvalue weighted by Gasteiger charge is 2.22. The normalized spacial score (nSPS) is 13.7. The van der Waals surface area contributed by atoms with Crippen LogP contribution in [0.3, 0.4) is 0 Å². The van der Waals surface area contributed by atoms with Crippen LogP contribution in [0.2, 0.25) is 0 Å². The molecule has 0 saturated heterocycles. The zero-order valence-corrected chi connectivity index (χ0v) is 12.0. The number of hydrogen-bond acceptors (Lipinski definition) is 4. The molecule has 1 rings (SSSR count). The van der Waals surface area contributed by atoms with Gasteiger partial charge in [0.15, 0.2) is 11.5 Å². The zero-order valence-electron chi connectivity index (χ0n) is 12.0. The van der Waals surface area contributed by atoms with Crippen LogP contribution >= 0.6 is 0 Å². The maximum atomic E-state index is 5.87. The first-order valence-corrected chi connectivity index (χ1v) is 6.35. The fraction of sp³-hybridized carbons (Fsp3) is 0.467. The van der Waals surface area contributed by atoms with Crippen LogP contribution in [0.4, 0.5) is 0 Å². The summed E-state index contributed by atoms with van der Waals surface area (Å²) in [7, 11) is 3.27. The van der Waals surface area contributed by atoms with Crippen molar-refractivity contribution in [1.29, 1.82) is 0 Å². The van der Waals surface area contributed by atoms with E-state index in [1.165, 1.54) is 0 Å². The molecule has 0 aromatic heterocycles. The van der Waals surface area contributed by atoms with E-state index >= 15 is 0 Å². The van der Waals surface area contributed by atoms with E-state index < -0.39 is 0 Å². The molecule has 0 heterocycles. The second kappa shape index (κ2) is 7.16. The lowest BCUT2D eigenvalue weighted by molar-refractivity contribution is 0.351. The van der Waals surface area contributed by atoms with Crippen molar-refractivity contribution >= 4 is 0 Å². The molecule has 3 N–H and O–H groups in total. The summed E-state index contributed by atoms with van der Waals surface area (Å²) in [5.41, 5.74) is 6.87. The zero-order chi connectivity index (χ0) is 14.3. The van der Waals surface area contributed by atoms with Crippen LogP contribution < -0.4 is 20.5 Å². The Bertz CT molecular complexity index is 421. The molecule has 1 aromatic rings. The molecule has 4 heteroatoms. The van der Waals surface area contributed by atoms with Crippen molar-refractivity contribution in [1.82, 2.24) is 5.32 Å². The molecule has 0 bridgehead atoms. The molecule has 0 fully saturated rings. The minimum absolute atomic E-state index is 0.159. The van der Waals surface area contributed by atoms with Gasteiger partial charge in [0.2, 0.25) is 0 Å². The number of ether oxygens (including phenoxy) is 2. The predicted molar refractivity (Wildman–Crippen MR) is 78.9 cm³/mol. The molecular weight excluding hydrogens is 240 g/mol. The Morgan fingerprint density at radius 3 is 2.53 bits per heavy atom. The van der Waals surface area contributed by atoms with Crippen LogP contribution in [0.25, 0.3) is 0 Å². The molecule has 106 valence electrons. The van der Waals surface area contributed by atoms with Crippen molar-refractivity contribution in [2.45, 2.75) is 18.9 Å². The molecule has 1 aromatic carbocycles. The predicted octanol–water partition coefficient (Wildman–Crippen LogP) is 1.74. The number of hydrogen-bond donors (Lipinski definition) is 2. The summed E-state index contributed by atoms with van der Waals surface area (Å²) in [4.78, 5) is 0. The van der Waals surface area contributed by atoms with E-state index in [2.05, 4.69) is 18.8 Å². The Balaban J connectivity index is 2.88. The average molecular weight is 264 g/mol. The van der Waals surface area contributed by atoms with Crippen molar-refractivity contribution in [3.63, 3.8) is 0 Å². The number of nitrogens with one attached hydrogen (secondary N) is 1. The van der Waals surface area contributed by atoms with Crippen molar-refractivity contribution in [2.24, 2.45) is 5.73 Å². The Labute approximate surface area is 115 Å². The fourth-order valence-corrected chi connectivity index (χ4v) is 1.97. The van der Waals surface area contributed by atoms with Gasteiger partial charge in [0, 0.05) is 18.6 Å². The summed E-state index contributed by atoms with van der Waals surface area (Å²) in [6, 6.07) is 5.94.